The van der Waals surface area contributed by atoms with Gasteiger partial charge in [0.15, 0.2) is 0 Å². The van der Waals surface area contributed by atoms with E-state index in [9.17, 15) is 0 Å². The molecule has 0 radical (unpaired) electrons. The van der Waals surface area contributed by atoms with Crippen LogP contribution in [0.4, 0.5) is 0 Å². The standard InChI is InChI=1S/Ce.Fe.K.Mg.Mo.H. The molecule has 0 aromatic carbocycles. The van der Waals surface area contributed by atoms with E-state index < -0.39 is 0 Å². The fourth-order valence-corrected chi connectivity index (χ4v) is 0. The molecule has 0 saturated heterocycles. The average Bonchev–Trinajstić information content (AvgIpc) is 0.918. The zero-order valence-electron chi connectivity index (χ0n) is 1.97. The molecule has 5 heteroatoms. The molecular weight excluding hydrogens is 355 g/mol. The summed E-state index contributed by atoms with van der Waals surface area (Å²) in [6, 6.07) is 0. The van der Waals surface area contributed by atoms with Gasteiger partial charge in [0.05, 0.1) is 0 Å². The summed E-state index contributed by atoms with van der Waals surface area (Å²) >= 11 is 5.90. The SMILES string of the molecule is [Ce].[Fe][Mg][Mo].[KH]. The maximum absolute atomic E-state index is 3.63. The second-order valence-corrected chi connectivity index (χ2v) is 7.47. The molecule has 0 saturated carbocycles. The Labute approximate surface area is 133 Å². The van der Waals surface area contributed by atoms with Crippen molar-refractivity contribution in [3.8, 4) is 0 Å². The van der Waals surface area contributed by atoms with Gasteiger partial charge in [0.25, 0.3) is 0 Å². The maximum atomic E-state index is 3.63. The Kier molecular flexibility index (Phi) is 52.9. The van der Waals surface area contributed by atoms with Gasteiger partial charge in [-0.05, 0) is 0 Å². The third-order valence-electron chi connectivity index (χ3n) is 0. The number of hydrogen-bond acceptors (Lipinski definition) is 0. The molecule has 5 heavy (non-hydrogen) atoms. The minimum absolute atomic E-state index is 0. The Morgan fingerprint density at radius 2 is 1.60 bits per heavy atom. The molecule has 0 bridgehead atoms. The van der Waals surface area contributed by atoms with Crippen LogP contribution in [0.5, 0.6) is 0 Å². The summed E-state index contributed by atoms with van der Waals surface area (Å²) in [5.74, 6) is 0. The van der Waals surface area contributed by atoms with Gasteiger partial charge in [-0.25, -0.2) is 0 Å². The number of hydrogen-bond donors (Lipinski definition) is 0. The first-order valence-electron chi connectivity index (χ1n) is 0.539. The normalized spacial score (nSPS) is 1.80. The van der Waals surface area contributed by atoms with E-state index in [1.807, 2.05) is 0 Å². The van der Waals surface area contributed by atoms with Gasteiger partial charge in [-0.2, -0.15) is 0 Å². The average molecular weight is 356 g/mol. The van der Waals surface area contributed by atoms with Gasteiger partial charge >= 0.3 is 95.7 Å². The van der Waals surface area contributed by atoms with Crippen LogP contribution in [-0.4, -0.2) is 66.4 Å². The second kappa shape index (κ2) is 16.0. The van der Waals surface area contributed by atoms with Crippen LogP contribution in [0.15, 0.2) is 0 Å². The topological polar surface area (TPSA) is 0 Å². The van der Waals surface area contributed by atoms with Crippen LogP contribution in [0.25, 0.3) is 0 Å². The zero-order valence-corrected chi connectivity index (χ0v) is 9.63. The van der Waals surface area contributed by atoms with E-state index in [1.165, 1.54) is 0 Å². The van der Waals surface area contributed by atoms with Gasteiger partial charge in [-0.3, -0.25) is 0 Å². The molecule has 0 heterocycles. The molecule has 0 nitrogen and oxygen atoms in total. The first-order valence-corrected chi connectivity index (χ1v) is 8.22. The van der Waals surface area contributed by atoms with Crippen molar-refractivity contribution in [1.29, 1.82) is 0 Å². The molecule has 0 unspecified atom stereocenters. The summed E-state index contributed by atoms with van der Waals surface area (Å²) in [7, 11) is 0. The predicted octanol–water partition coefficient (Wildman–Crippen LogP) is -1.03. The molecule has 0 aliphatic carbocycles. The van der Waals surface area contributed by atoms with E-state index in [1.54, 1.807) is 0 Å². The Hall–Kier alpha value is 4.99. The van der Waals surface area contributed by atoms with Crippen molar-refractivity contribution >= 4 is 66.4 Å². The van der Waals surface area contributed by atoms with Crippen LogP contribution in [0.1, 0.15) is 0 Å². The summed E-state index contributed by atoms with van der Waals surface area (Å²) < 4.78 is 0. The van der Waals surface area contributed by atoms with Crippen LogP contribution in [0.3, 0.4) is 0 Å². The molecule has 0 amide bonds. The van der Waals surface area contributed by atoms with E-state index in [-0.39, 0.29) is 108 Å². The van der Waals surface area contributed by atoms with Gasteiger partial charge < -0.3 is 0 Å². The Morgan fingerprint density at radius 1 is 1.60 bits per heavy atom. The van der Waals surface area contributed by atoms with Crippen molar-refractivity contribution < 1.29 is 71.1 Å². The van der Waals surface area contributed by atoms with Crippen molar-refractivity contribution in [3.63, 3.8) is 0 Å². The summed E-state index contributed by atoms with van der Waals surface area (Å²) in [5, 5.41) is 0. The third kappa shape index (κ3) is 17.6. The van der Waals surface area contributed by atoms with Crippen LogP contribution in [-0.2, 0) is 29.3 Å². The minimum atomic E-state index is 0. The zero-order chi connectivity index (χ0) is 2.71. The van der Waals surface area contributed by atoms with E-state index >= 15 is 0 Å². The fraction of sp³-hybridized carbons (Fsp3) is 0. The quantitative estimate of drug-likeness (QED) is 0.487. The fourth-order valence-electron chi connectivity index (χ4n) is 0. The summed E-state index contributed by atoms with van der Waals surface area (Å²) in [5.41, 5.74) is 0. The molecule has 0 fully saturated rings. The predicted molar refractivity (Wildman–Crippen MR) is 12.9 cm³/mol. The van der Waals surface area contributed by atoms with Gasteiger partial charge in [-0.15, -0.1) is 0 Å². The van der Waals surface area contributed by atoms with Gasteiger partial charge in [-0.1, -0.05) is 0 Å². The number of rotatable bonds is 0. The molecule has 0 rings (SSSR count). The first-order chi connectivity index (χ1) is 1.41. The van der Waals surface area contributed by atoms with E-state index in [0.29, 0.717) is 0 Å². The van der Waals surface area contributed by atoms with Crippen LogP contribution >= 0.6 is 0 Å². The van der Waals surface area contributed by atoms with E-state index in [2.05, 4.69) is 29.3 Å². The van der Waals surface area contributed by atoms with Crippen molar-refractivity contribution in [2.45, 2.75) is 0 Å². The third-order valence-corrected chi connectivity index (χ3v) is 0. The van der Waals surface area contributed by atoms with Crippen molar-refractivity contribution in [2.75, 3.05) is 0 Å². The molecule has 0 aromatic heterocycles. The Bertz CT molecular complexity index is 11.6. The van der Waals surface area contributed by atoms with Crippen LogP contribution in [0.2, 0.25) is 0 Å². The van der Waals surface area contributed by atoms with Gasteiger partial charge in [0.1, 0.15) is 0 Å². The van der Waals surface area contributed by atoms with Crippen molar-refractivity contribution in [3.05, 3.63) is 0 Å². The van der Waals surface area contributed by atoms with Crippen LogP contribution in [0, 0.1) is 41.7 Å². The van der Waals surface area contributed by atoms with Crippen molar-refractivity contribution in [1.82, 2.24) is 0 Å². The molecule has 0 aromatic rings. The monoisotopic (exact) mass is 358 g/mol. The van der Waals surface area contributed by atoms with E-state index in [4.69, 9.17) is 0 Å². The summed E-state index contributed by atoms with van der Waals surface area (Å²) in [4.78, 5) is 0. The molecule has 22 valence electrons. The summed E-state index contributed by atoms with van der Waals surface area (Å²) in [6.45, 7) is 0. The van der Waals surface area contributed by atoms with E-state index in [0.717, 1.165) is 0 Å². The Balaban J connectivity index is -0.0000000200. The molecule has 0 N–H and O–H groups in total. The van der Waals surface area contributed by atoms with Gasteiger partial charge in [0, 0.05) is 41.7 Å². The second-order valence-electron chi connectivity index (χ2n) is 0.102. The molecule has 0 aliphatic rings. The molecule has 0 spiro atoms. The molecule has 0 aliphatic heterocycles. The van der Waals surface area contributed by atoms with Crippen molar-refractivity contribution in [2.24, 2.45) is 0 Å². The molecular formula is HCeFeKMgMo. The van der Waals surface area contributed by atoms with Gasteiger partial charge in [0.2, 0.25) is 0 Å². The summed E-state index contributed by atoms with van der Waals surface area (Å²) in [6.07, 6.45) is 0. The van der Waals surface area contributed by atoms with Crippen LogP contribution < -0.4 is 0 Å². The molecule has 0 atom stereocenters. The Morgan fingerprint density at radius 3 is 1.60 bits per heavy atom. The first kappa shape index (κ1) is 16.5.